The molecule has 1 fully saturated rings. The predicted molar refractivity (Wildman–Crippen MR) is 67.9 cm³/mol. The van der Waals surface area contributed by atoms with Crippen LogP contribution in [0.25, 0.3) is 5.65 Å². The van der Waals surface area contributed by atoms with Crippen LogP contribution in [0.3, 0.4) is 0 Å². The average Bonchev–Trinajstić information content (AvgIpc) is 2.72. The average molecular weight is 265 g/mol. The third kappa shape index (κ3) is 1.45. The van der Waals surface area contributed by atoms with Gasteiger partial charge in [0.1, 0.15) is 0 Å². The van der Waals surface area contributed by atoms with Crippen molar-refractivity contribution in [2.45, 2.75) is 25.2 Å². The van der Waals surface area contributed by atoms with Gasteiger partial charge in [0.25, 0.3) is 0 Å². The zero-order valence-electron chi connectivity index (χ0n) is 9.93. The summed E-state index contributed by atoms with van der Waals surface area (Å²) in [6.07, 6.45) is 6.59. The molecule has 5 heteroatoms. The standard InChI is InChI=1S/C13H13ClN2O2/c1-8-5-13(6-8,12(17)18)9-4-10(14)11-15-2-3-16(11)7-9/h2-4,7-8H,5-6H2,1H3,(H,17,18). The van der Waals surface area contributed by atoms with Crippen LogP contribution in [0.4, 0.5) is 0 Å². The van der Waals surface area contributed by atoms with Crippen molar-refractivity contribution in [3.05, 3.63) is 35.2 Å². The number of nitrogens with zero attached hydrogens (tertiary/aromatic N) is 2. The topological polar surface area (TPSA) is 54.6 Å². The summed E-state index contributed by atoms with van der Waals surface area (Å²) in [5, 5.41) is 10.00. The molecular formula is C13H13ClN2O2. The second kappa shape index (κ2) is 3.72. The largest absolute Gasteiger partial charge is 0.481 e. The van der Waals surface area contributed by atoms with Gasteiger partial charge >= 0.3 is 5.97 Å². The summed E-state index contributed by atoms with van der Waals surface area (Å²) in [6, 6.07) is 1.74. The van der Waals surface area contributed by atoms with Crippen LogP contribution in [0, 0.1) is 5.92 Å². The highest BCUT2D eigenvalue weighted by molar-refractivity contribution is 6.33. The van der Waals surface area contributed by atoms with E-state index in [0.717, 1.165) is 5.56 Å². The van der Waals surface area contributed by atoms with Crippen LogP contribution in [-0.2, 0) is 10.2 Å². The van der Waals surface area contributed by atoms with Gasteiger partial charge in [-0.2, -0.15) is 0 Å². The Bertz CT molecular complexity index is 629. The number of hydrogen-bond acceptors (Lipinski definition) is 2. The maximum absolute atomic E-state index is 11.6. The minimum absolute atomic E-state index is 0.443. The van der Waals surface area contributed by atoms with Crippen molar-refractivity contribution in [1.82, 2.24) is 9.38 Å². The number of aromatic nitrogens is 2. The van der Waals surface area contributed by atoms with Crippen LogP contribution in [-0.4, -0.2) is 20.5 Å². The van der Waals surface area contributed by atoms with Crippen molar-refractivity contribution < 1.29 is 9.90 Å². The van der Waals surface area contributed by atoms with E-state index in [1.165, 1.54) is 0 Å². The third-order valence-corrected chi connectivity index (χ3v) is 4.08. The molecule has 18 heavy (non-hydrogen) atoms. The number of imidazole rings is 1. The molecule has 0 aromatic carbocycles. The number of carboxylic acid groups (broad SMARTS) is 1. The zero-order valence-corrected chi connectivity index (χ0v) is 10.7. The number of aliphatic carboxylic acids is 1. The summed E-state index contributed by atoms with van der Waals surface area (Å²) in [5.41, 5.74) is 0.651. The molecule has 0 atom stereocenters. The lowest BCUT2D eigenvalue weighted by Crippen LogP contribution is -2.47. The van der Waals surface area contributed by atoms with Crippen molar-refractivity contribution in [3.63, 3.8) is 0 Å². The first-order valence-electron chi connectivity index (χ1n) is 5.89. The summed E-state index contributed by atoms with van der Waals surface area (Å²) in [4.78, 5) is 15.7. The summed E-state index contributed by atoms with van der Waals surface area (Å²) in [5.74, 6) is -0.325. The molecule has 0 bridgehead atoms. The quantitative estimate of drug-likeness (QED) is 0.907. The molecule has 2 heterocycles. The van der Waals surface area contributed by atoms with E-state index in [0.29, 0.717) is 29.4 Å². The Morgan fingerprint density at radius 2 is 2.33 bits per heavy atom. The van der Waals surface area contributed by atoms with E-state index in [4.69, 9.17) is 11.6 Å². The van der Waals surface area contributed by atoms with Gasteiger partial charge in [0.2, 0.25) is 0 Å². The Morgan fingerprint density at radius 1 is 1.61 bits per heavy atom. The van der Waals surface area contributed by atoms with Crippen LogP contribution in [0.2, 0.25) is 5.02 Å². The fourth-order valence-corrected chi connectivity index (χ4v) is 3.18. The molecule has 1 aliphatic rings. The molecule has 1 aliphatic carbocycles. The van der Waals surface area contributed by atoms with Crippen molar-refractivity contribution in [2.75, 3.05) is 0 Å². The van der Waals surface area contributed by atoms with Gasteiger partial charge in [-0.15, -0.1) is 0 Å². The molecule has 0 saturated heterocycles. The number of carbonyl (C=O) groups is 1. The summed E-state index contributed by atoms with van der Waals surface area (Å²) >= 11 is 6.16. The third-order valence-electron chi connectivity index (χ3n) is 3.80. The molecule has 0 spiro atoms. The van der Waals surface area contributed by atoms with Gasteiger partial charge < -0.3 is 9.51 Å². The smallest absolute Gasteiger partial charge is 0.314 e. The lowest BCUT2D eigenvalue weighted by atomic mass is 9.59. The van der Waals surface area contributed by atoms with Gasteiger partial charge in [-0.25, -0.2) is 4.98 Å². The van der Waals surface area contributed by atoms with E-state index in [1.807, 2.05) is 6.20 Å². The fraction of sp³-hybridized carbons (Fsp3) is 0.385. The molecule has 1 saturated carbocycles. The number of rotatable bonds is 2. The number of hydrogen-bond donors (Lipinski definition) is 1. The van der Waals surface area contributed by atoms with Crippen molar-refractivity contribution in [2.24, 2.45) is 5.92 Å². The van der Waals surface area contributed by atoms with Gasteiger partial charge in [-0.3, -0.25) is 4.79 Å². The maximum Gasteiger partial charge on any atom is 0.314 e. The SMILES string of the molecule is CC1CC(C(=O)O)(c2cc(Cl)c3nccn3c2)C1. The highest BCUT2D eigenvalue weighted by atomic mass is 35.5. The summed E-state index contributed by atoms with van der Waals surface area (Å²) < 4.78 is 1.78. The van der Waals surface area contributed by atoms with Crippen LogP contribution in [0.15, 0.2) is 24.7 Å². The zero-order chi connectivity index (χ0) is 12.9. The second-order valence-corrected chi connectivity index (χ2v) is 5.54. The van der Waals surface area contributed by atoms with E-state index < -0.39 is 11.4 Å². The van der Waals surface area contributed by atoms with Crippen molar-refractivity contribution in [1.29, 1.82) is 0 Å². The molecule has 0 radical (unpaired) electrons. The van der Waals surface area contributed by atoms with E-state index in [-0.39, 0.29) is 0 Å². The van der Waals surface area contributed by atoms with E-state index in [1.54, 1.807) is 22.9 Å². The maximum atomic E-state index is 11.6. The molecule has 3 rings (SSSR count). The van der Waals surface area contributed by atoms with Gasteiger partial charge in [0, 0.05) is 18.6 Å². The normalized spacial score (nSPS) is 27.1. The number of fused-ring (bicyclic) bond motifs is 1. The molecule has 0 unspecified atom stereocenters. The molecule has 94 valence electrons. The van der Waals surface area contributed by atoms with Crippen LogP contribution in [0.1, 0.15) is 25.3 Å². The van der Waals surface area contributed by atoms with Crippen LogP contribution >= 0.6 is 11.6 Å². The monoisotopic (exact) mass is 264 g/mol. The highest BCUT2D eigenvalue weighted by Gasteiger charge is 2.50. The minimum atomic E-state index is -0.776. The van der Waals surface area contributed by atoms with Crippen LogP contribution < -0.4 is 0 Å². The Morgan fingerprint density at radius 3 is 2.94 bits per heavy atom. The first-order chi connectivity index (χ1) is 8.53. The molecular weight excluding hydrogens is 252 g/mol. The lowest BCUT2D eigenvalue weighted by Gasteiger charge is -2.43. The molecule has 0 amide bonds. The summed E-state index contributed by atoms with van der Waals surface area (Å²) in [7, 11) is 0. The number of carboxylic acids is 1. The van der Waals surface area contributed by atoms with E-state index >= 15 is 0 Å². The molecule has 0 aliphatic heterocycles. The fourth-order valence-electron chi connectivity index (χ4n) is 2.92. The summed E-state index contributed by atoms with van der Waals surface area (Å²) in [6.45, 7) is 2.07. The number of pyridine rings is 1. The Balaban J connectivity index is 2.16. The predicted octanol–water partition coefficient (Wildman–Crippen LogP) is 2.74. The molecule has 2 aromatic rings. The van der Waals surface area contributed by atoms with Gasteiger partial charge in [-0.1, -0.05) is 18.5 Å². The lowest BCUT2D eigenvalue weighted by molar-refractivity contribution is -0.149. The molecule has 4 nitrogen and oxygen atoms in total. The van der Waals surface area contributed by atoms with E-state index in [2.05, 4.69) is 11.9 Å². The number of halogens is 1. The minimum Gasteiger partial charge on any atom is -0.481 e. The first kappa shape index (κ1) is 11.5. The first-order valence-corrected chi connectivity index (χ1v) is 6.27. The van der Waals surface area contributed by atoms with Crippen molar-refractivity contribution >= 4 is 23.2 Å². The molecule has 2 aromatic heterocycles. The Hall–Kier alpha value is -1.55. The Labute approximate surface area is 109 Å². The van der Waals surface area contributed by atoms with Crippen molar-refractivity contribution in [3.8, 4) is 0 Å². The Kier molecular flexibility index (Phi) is 2.38. The van der Waals surface area contributed by atoms with Gasteiger partial charge in [0.15, 0.2) is 5.65 Å². The van der Waals surface area contributed by atoms with E-state index in [9.17, 15) is 9.90 Å². The highest BCUT2D eigenvalue weighted by Crippen LogP contribution is 2.48. The van der Waals surface area contributed by atoms with Gasteiger partial charge in [-0.05, 0) is 30.4 Å². The molecule has 1 N–H and O–H groups in total. The van der Waals surface area contributed by atoms with Gasteiger partial charge in [0.05, 0.1) is 10.4 Å². The van der Waals surface area contributed by atoms with Crippen LogP contribution in [0.5, 0.6) is 0 Å². The second-order valence-electron chi connectivity index (χ2n) is 5.14.